The van der Waals surface area contributed by atoms with Gasteiger partial charge in [-0.25, -0.2) is 4.79 Å². The van der Waals surface area contributed by atoms with Crippen molar-refractivity contribution in [2.75, 3.05) is 6.61 Å². The van der Waals surface area contributed by atoms with Gasteiger partial charge in [0.15, 0.2) is 6.61 Å². The Bertz CT molecular complexity index is 886. The topological polar surface area (TPSA) is 44.8 Å². The zero-order chi connectivity index (χ0) is 19.1. The molecular weight excluding hydrogens is 340 g/mol. The van der Waals surface area contributed by atoms with Crippen LogP contribution in [0.3, 0.4) is 0 Å². The molecule has 0 spiro atoms. The fraction of sp³-hybridized carbons (Fsp3) is 0.174. The summed E-state index contributed by atoms with van der Waals surface area (Å²) in [5.41, 5.74) is 3.15. The molecule has 0 saturated heterocycles. The van der Waals surface area contributed by atoms with E-state index >= 15 is 0 Å². The molecule has 3 aromatic rings. The van der Waals surface area contributed by atoms with Crippen molar-refractivity contribution in [3.63, 3.8) is 0 Å². The predicted octanol–water partition coefficient (Wildman–Crippen LogP) is 4.87. The van der Waals surface area contributed by atoms with E-state index in [2.05, 4.69) is 0 Å². The second-order valence-electron chi connectivity index (χ2n) is 6.28. The van der Waals surface area contributed by atoms with Crippen molar-refractivity contribution in [2.45, 2.75) is 20.5 Å². The molecule has 27 heavy (non-hydrogen) atoms. The van der Waals surface area contributed by atoms with Gasteiger partial charge in [-0.2, -0.15) is 0 Å². The van der Waals surface area contributed by atoms with Crippen LogP contribution in [0.4, 0.5) is 0 Å². The SMILES string of the molecule is Cc1ccc(C)c(OCC(=O)Oc2ccc(OCc3ccccc3)cc2)c1. The van der Waals surface area contributed by atoms with E-state index in [1.54, 1.807) is 24.3 Å². The van der Waals surface area contributed by atoms with Gasteiger partial charge in [-0.05, 0) is 60.9 Å². The summed E-state index contributed by atoms with van der Waals surface area (Å²) in [5, 5.41) is 0. The molecule has 0 radical (unpaired) electrons. The number of hydrogen-bond donors (Lipinski definition) is 0. The van der Waals surface area contributed by atoms with Crippen molar-refractivity contribution in [3.05, 3.63) is 89.5 Å². The van der Waals surface area contributed by atoms with E-state index in [4.69, 9.17) is 14.2 Å². The molecular formula is C23H22O4. The molecule has 0 aliphatic heterocycles. The lowest BCUT2D eigenvalue weighted by Crippen LogP contribution is -2.18. The van der Waals surface area contributed by atoms with E-state index in [0.29, 0.717) is 23.9 Å². The van der Waals surface area contributed by atoms with Gasteiger partial charge in [0, 0.05) is 0 Å². The molecule has 0 bridgehead atoms. The molecule has 0 unspecified atom stereocenters. The van der Waals surface area contributed by atoms with Crippen LogP contribution >= 0.6 is 0 Å². The van der Waals surface area contributed by atoms with Crippen LogP contribution < -0.4 is 14.2 Å². The summed E-state index contributed by atoms with van der Waals surface area (Å²) in [4.78, 5) is 12.0. The average Bonchev–Trinajstić information content (AvgIpc) is 2.69. The quantitative estimate of drug-likeness (QED) is 0.444. The first-order valence-corrected chi connectivity index (χ1v) is 8.78. The Morgan fingerprint density at radius 2 is 1.52 bits per heavy atom. The number of ether oxygens (including phenoxy) is 3. The first-order chi connectivity index (χ1) is 13.1. The van der Waals surface area contributed by atoms with Gasteiger partial charge in [-0.3, -0.25) is 0 Å². The molecule has 0 N–H and O–H groups in total. The molecule has 0 atom stereocenters. The first-order valence-electron chi connectivity index (χ1n) is 8.78. The van der Waals surface area contributed by atoms with Crippen molar-refractivity contribution < 1.29 is 19.0 Å². The number of carbonyl (C=O) groups is 1. The molecule has 0 amide bonds. The average molecular weight is 362 g/mol. The Morgan fingerprint density at radius 3 is 2.26 bits per heavy atom. The third kappa shape index (κ3) is 5.61. The summed E-state index contributed by atoms with van der Waals surface area (Å²) < 4.78 is 16.6. The number of rotatable bonds is 7. The Morgan fingerprint density at radius 1 is 0.815 bits per heavy atom. The van der Waals surface area contributed by atoms with Gasteiger partial charge >= 0.3 is 5.97 Å². The lowest BCUT2D eigenvalue weighted by molar-refractivity contribution is -0.136. The zero-order valence-electron chi connectivity index (χ0n) is 15.5. The highest BCUT2D eigenvalue weighted by atomic mass is 16.6. The smallest absolute Gasteiger partial charge is 0.349 e. The van der Waals surface area contributed by atoms with Crippen molar-refractivity contribution in [2.24, 2.45) is 0 Å². The summed E-state index contributed by atoms with van der Waals surface area (Å²) in [6.07, 6.45) is 0. The Balaban J connectivity index is 1.48. The Labute approximate surface area is 159 Å². The van der Waals surface area contributed by atoms with Gasteiger partial charge in [-0.1, -0.05) is 42.5 Å². The van der Waals surface area contributed by atoms with E-state index in [9.17, 15) is 4.79 Å². The number of benzene rings is 3. The zero-order valence-corrected chi connectivity index (χ0v) is 15.5. The van der Waals surface area contributed by atoms with Gasteiger partial charge < -0.3 is 14.2 Å². The van der Waals surface area contributed by atoms with Crippen LogP contribution in [0.25, 0.3) is 0 Å². The standard InChI is InChI=1S/C23H22O4/c1-17-8-9-18(2)22(14-17)26-16-23(24)27-21-12-10-20(11-13-21)25-15-19-6-4-3-5-7-19/h3-14H,15-16H2,1-2H3. The van der Waals surface area contributed by atoms with Crippen LogP contribution in [-0.2, 0) is 11.4 Å². The lowest BCUT2D eigenvalue weighted by Gasteiger charge is -2.10. The summed E-state index contributed by atoms with van der Waals surface area (Å²) >= 11 is 0. The maximum Gasteiger partial charge on any atom is 0.349 e. The lowest BCUT2D eigenvalue weighted by atomic mass is 10.1. The molecule has 4 nitrogen and oxygen atoms in total. The first kappa shape index (κ1) is 18.5. The molecule has 0 saturated carbocycles. The number of carbonyl (C=O) groups excluding carboxylic acids is 1. The van der Waals surface area contributed by atoms with Crippen LogP contribution in [-0.4, -0.2) is 12.6 Å². The van der Waals surface area contributed by atoms with E-state index in [1.165, 1.54) is 0 Å². The highest BCUT2D eigenvalue weighted by Gasteiger charge is 2.08. The van der Waals surface area contributed by atoms with E-state index in [-0.39, 0.29) is 6.61 Å². The number of hydrogen-bond acceptors (Lipinski definition) is 4. The van der Waals surface area contributed by atoms with Gasteiger partial charge in [0.25, 0.3) is 0 Å². The summed E-state index contributed by atoms with van der Waals surface area (Å²) in [6.45, 7) is 4.26. The van der Waals surface area contributed by atoms with E-state index in [1.807, 2.05) is 62.4 Å². The highest BCUT2D eigenvalue weighted by molar-refractivity contribution is 5.74. The third-order valence-corrected chi connectivity index (χ3v) is 3.99. The van der Waals surface area contributed by atoms with Crippen molar-refractivity contribution in [3.8, 4) is 17.2 Å². The Hall–Kier alpha value is -3.27. The van der Waals surface area contributed by atoms with Crippen LogP contribution in [0.5, 0.6) is 17.2 Å². The highest BCUT2D eigenvalue weighted by Crippen LogP contribution is 2.21. The Kier molecular flexibility index (Phi) is 6.10. The van der Waals surface area contributed by atoms with Crippen LogP contribution in [0.2, 0.25) is 0 Å². The maximum atomic E-state index is 12.0. The summed E-state index contributed by atoms with van der Waals surface area (Å²) in [7, 11) is 0. The molecule has 0 aromatic heterocycles. The molecule has 0 heterocycles. The van der Waals surface area contributed by atoms with Gasteiger partial charge in [-0.15, -0.1) is 0 Å². The fourth-order valence-electron chi connectivity index (χ4n) is 2.51. The minimum atomic E-state index is -0.450. The minimum absolute atomic E-state index is 0.142. The maximum absolute atomic E-state index is 12.0. The van der Waals surface area contributed by atoms with E-state index < -0.39 is 5.97 Å². The van der Waals surface area contributed by atoms with Gasteiger partial charge in [0.05, 0.1) is 0 Å². The van der Waals surface area contributed by atoms with Gasteiger partial charge in [0.2, 0.25) is 0 Å². The van der Waals surface area contributed by atoms with Crippen molar-refractivity contribution in [1.29, 1.82) is 0 Å². The number of esters is 1. The molecule has 3 aromatic carbocycles. The third-order valence-electron chi connectivity index (χ3n) is 3.99. The minimum Gasteiger partial charge on any atom is -0.489 e. The second kappa shape index (κ2) is 8.90. The molecule has 0 aliphatic rings. The van der Waals surface area contributed by atoms with Crippen LogP contribution in [0.1, 0.15) is 16.7 Å². The molecule has 4 heteroatoms. The fourth-order valence-corrected chi connectivity index (χ4v) is 2.51. The predicted molar refractivity (Wildman–Crippen MR) is 104 cm³/mol. The largest absolute Gasteiger partial charge is 0.489 e. The van der Waals surface area contributed by atoms with E-state index in [0.717, 1.165) is 16.7 Å². The van der Waals surface area contributed by atoms with Crippen molar-refractivity contribution in [1.82, 2.24) is 0 Å². The van der Waals surface area contributed by atoms with Crippen LogP contribution in [0, 0.1) is 13.8 Å². The number of aryl methyl sites for hydroxylation is 2. The van der Waals surface area contributed by atoms with Crippen molar-refractivity contribution >= 4 is 5.97 Å². The second-order valence-corrected chi connectivity index (χ2v) is 6.28. The molecule has 3 rings (SSSR count). The normalized spacial score (nSPS) is 10.3. The summed E-state index contributed by atoms with van der Waals surface area (Å²) in [6, 6.07) is 22.8. The summed E-state index contributed by atoms with van der Waals surface area (Å²) in [5.74, 6) is 1.41. The monoisotopic (exact) mass is 362 g/mol. The van der Waals surface area contributed by atoms with Crippen LogP contribution in [0.15, 0.2) is 72.8 Å². The molecule has 138 valence electrons. The van der Waals surface area contributed by atoms with Gasteiger partial charge in [0.1, 0.15) is 23.9 Å². The molecule has 0 fully saturated rings. The molecule has 0 aliphatic carbocycles.